The standard InChI is InChI=1S/C24H19NO6S/c1-16-7-9-18(10-8-16)29-13-11-25-22(26)21(32-24(25)28)15-17-4-2-5-19(14-17)31-23(27)20-6-3-12-30-20/h2-10,12,14-15H,11,13H2,1H3/b21-15-. The lowest BCUT2D eigenvalue weighted by atomic mass is 10.2. The van der Waals surface area contributed by atoms with E-state index < -0.39 is 5.97 Å². The third kappa shape index (κ3) is 5.09. The number of ether oxygens (including phenoxy) is 2. The highest BCUT2D eigenvalue weighted by atomic mass is 32.2. The van der Waals surface area contributed by atoms with E-state index in [2.05, 4.69) is 0 Å². The van der Waals surface area contributed by atoms with Crippen LogP contribution in [0.5, 0.6) is 11.5 Å². The fraction of sp³-hybridized carbons (Fsp3) is 0.125. The summed E-state index contributed by atoms with van der Waals surface area (Å²) in [5, 5.41) is -0.353. The summed E-state index contributed by atoms with van der Waals surface area (Å²) in [4.78, 5) is 38.5. The smallest absolute Gasteiger partial charge is 0.379 e. The van der Waals surface area contributed by atoms with Crippen molar-refractivity contribution in [2.75, 3.05) is 13.2 Å². The monoisotopic (exact) mass is 449 g/mol. The van der Waals surface area contributed by atoms with Crippen molar-refractivity contribution in [2.24, 2.45) is 0 Å². The van der Waals surface area contributed by atoms with E-state index >= 15 is 0 Å². The summed E-state index contributed by atoms with van der Waals surface area (Å²) in [6, 6.07) is 17.3. The van der Waals surface area contributed by atoms with Crippen molar-refractivity contribution in [3.63, 3.8) is 0 Å². The summed E-state index contributed by atoms with van der Waals surface area (Å²) in [5.74, 6) is 0.0563. The van der Waals surface area contributed by atoms with Gasteiger partial charge < -0.3 is 13.9 Å². The average Bonchev–Trinajstić information content (AvgIpc) is 3.40. The lowest BCUT2D eigenvalue weighted by Crippen LogP contribution is -2.32. The van der Waals surface area contributed by atoms with E-state index in [1.807, 2.05) is 31.2 Å². The lowest BCUT2D eigenvalue weighted by Gasteiger charge is -2.13. The van der Waals surface area contributed by atoms with Gasteiger partial charge >= 0.3 is 5.97 Å². The molecule has 1 aliphatic rings. The van der Waals surface area contributed by atoms with E-state index in [1.54, 1.807) is 36.4 Å². The maximum Gasteiger partial charge on any atom is 0.379 e. The number of benzene rings is 2. The van der Waals surface area contributed by atoms with Crippen LogP contribution in [0, 0.1) is 6.92 Å². The van der Waals surface area contributed by atoms with Gasteiger partial charge in [0, 0.05) is 0 Å². The van der Waals surface area contributed by atoms with E-state index in [9.17, 15) is 14.4 Å². The number of esters is 1. The minimum Gasteiger partial charge on any atom is -0.492 e. The minimum absolute atomic E-state index is 0.0874. The number of thioether (sulfide) groups is 1. The number of rotatable bonds is 7. The van der Waals surface area contributed by atoms with Crippen LogP contribution in [0.15, 0.2) is 76.2 Å². The molecule has 0 saturated carbocycles. The first-order chi connectivity index (χ1) is 15.5. The zero-order chi connectivity index (χ0) is 22.5. The Morgan fingerprint density at radius 1 is 1.06 bits per heavy atom. The molecule has 4 rings (SSSR count). The van der Waals surface area contributed by atoms with Gasteiger partial charge in [-0.1, -0.05) is 29.8 Å². The molecular formula is C24H19NO6S. The Labute approximate surface area is 188 Å². The van der Waals surface area contributed by atoms with Gasteiger partial charge in [0.25, 0.3) is 11.1 Å². The molecule has 1 aromatic heterocycles. The zero-order valence-electron chi connectivity index (χ0n) is 17.1. The first kappa shape index (κ1) is 21.5. The number of furan rings is 1. The number of aryl methyl sites for hydroxylation is 1. The summed E-state index contributed by atoms with van der Waals surface area (Å²) >= 11 is 0.863. The van der Waals surface area contributed by atoms with E-state index in [-0.39, 0.29) is 30.1 Å². The highest BCUT2D eigenvalue weighted by molar-refractivity contribution is 8.18. The number of amides is 2. The molecule has 7 nitrogen and oxygen atoms in total. The Morgan fingerprint density at radius 2 is 1.88 bits per heavy atom. The molecular weight excluding hydrogens is 430 g/mol. The second kappa shape index (κ2) is 9.57. The Balaban J connectivity index is 1.38. The van der Waals surface area contributed by atoms with Gasteiger partial charge in [-0.25, -0.2) is 4.79 Å². The summed E-state index contributed by atoms with van der Waals surface area (Å²) < 4.78 is 15.9. The number of nitrogens with zero attached hydrogens (tertiary/aromatic N) is 1. The molecule has 32 heavy (non-hydrogen) atoms. The van der Waals surface area contributed by atoms with Crippen LogP contribution in [-0.4, -0.2) is 35.2 Å². The van der Waals surface area contributed by atoms with Crippen LogP contribution < -0.4 is 9.47 Å². The second-order valence-electron chi connectivity index (χ2n) is 6.93. The molecule has 0 aliphatic carbocycles. The number of carbonyl (C=O) groups is 3. The topological polar surface area (TPSA) is 86.0 Å². The molecule has 1 saturated heterocycles. The Morgan fingerprint density at radius 3 is 2.62 bits per heavy atom. The van der Waals surface area contributed by atoms with Gasteiger partial charge in [-0.05, 0) is 66.7 Å². The minimum atomic E-state index is -0.624. The maximum absolute atomic E-state index is 12.7. The molecule has 0 spiro atoms. The van der Waals surface area contributed by atoms with Gasteiger partial charge in [0.2, 0.25) is 5.76 Å². The van der Waals surface area contributed by atoms with Crippen LogP contribution in [0.4, 0.5) is 4.79 Å². The predicted molar refractivity (Wildman–Crippen MR) is 119 cm³/mol. The van der Waals surface area contributed by atoms with Crippen LogP contribution in [0.25, 0.3) is 6.08 Å². The SMILES string of the molecule is Cc1ccc(OCCN2C(=O)S/C(=C\c3cccc(OC(=O)c4ccco4)c3)C2=O)cc1. The quantitative estimate of drug-likeness (QED) is 0.287. The van der Waals surface area contributed by atoms with Gasteiger partial charge in [-0.3, -0.25) is 14.5 Å². The highest BCUT2D eigenvalue weighted by Crippen LogP contribution is 2.32. The number of hydrogen-bond acceptors (Lipinski definition) is 7. The van der Waals surface area contributed by atoms with Crippen molar-refractivity contribution in [3.8, 4) is 11.5 Å². The molecule has 0 atom stereocenters. The van der Waals surface area contributed by atoms with E-state index in [1.165, 1.54) is 12.3 Å². The first-order valence-electron chi connectivity index (χ1n) is 9.80. The fourth-order valence-electron chi connectivity index (χ4n) is 2.95. The van der Waals surface area contributed by atoms with Crippen molar-refractivity contribution in [2.45, 2.75) is 6.92 Å². The molecule has 8 heteroatoms. The molecule has 2 heterocycles. The van der Waals surface area contributed by atoms with Crippen molar-refractivity contribution in [1.82, 2.24) is 4.90 Å². The van der Waals surface area contributed by atoms with Crippen LogP contribution in [0.2, 0.25) is 0 Å². The third-order valence-corrected chi connectivity index (χ3v) is 5.47. The van der Waals surface area contributed by atoms with Crippen molar-refractivity contribution < 1.29 is 28.3 Å². The normalized spacial score (nSPS) is 14.8. The average molecular weight is 449 g/mol. The second-order valence-corrected chi connectivity index (χ2v) is 7.93. The van der Waals surface area contributed by atoms with E-state index in [4.69, 9.17) is 13.9 Å². The Kier molecular flexibility index (Phi) is 6.42. The van der Waals surface area contributed by atoms with E-state index in [0.717, 1.165) is 22.2 Å². The summed E-state index contributed by atoms with van der Waals surface area (Å²) in [7, 11) is 0. The van der Waals surface area contributed by atoms with Gasteiger partial charge in [0.15, 0.2) is 0 Å². The van der Waals surface area contributed by atoms with Crippen LogP contribution in [-0.2, 0) is 4.79 Å². The first-order valence-corrected chi connectivity index (χ1v) is 10.6. The zero-order valence-corrected chi connectivity index (χ0v) is 18.0. The Hall–Kier alpha value is -3.78. The summed E-state index contributed by atoms with van der Waals surface area (Å²) in [5.41, 5.74) is 1.74. The van der Waals surface area contributed by atoms with E-state index in [0.29, 0.717) is 22.0 Å². The Bertz CT molecular complexity index is 1170. The molecule has 0 bridgehead atoms. The maximum atomic E-state index is 12.7. The van der Waals surface area contributed by atoms with Gasteiger partial charge in [-0.2, -0.15) is 0 Å². The van der Waals surface area contributed by atoms with Gasteiger partial charge in [-0.15, -0.1) is 0 Å². The molecule has 162 valence electrons. The third-order valence-electron chi connectivity index (χ3n) is 4.57. The highest BCUT2D eigenvalue weighted by Gasteiger charge is 2.34. The van der Waals surface area contributed by atoms with Gasteiger partial charge in [0.05, 0.1) is 17.7 Å². The molecule has 2 amide bonds. The molecule has 0 radical (unpaired) electrons. The number of carbonyl (C=O) groups excluding carboxylic acids is 3. The predicted octanol–water partition coefficient (Wildman–Crippen LogP) is 4.92. The van der Waals surface area contributed by atoms with Crippen molar-refractivity contribution >= 4 is 35.0 Å². The number of imide groups is 1. The molecule has 0 N–H and O–H groups in total. The number of hydrogen-bond donors (Lipinski definition) is 0. The molecule has 1 aliphatic heterocycles. The largest absolute Gasteiger partial charge is 0.492 e. The summed E-state index contributed by atoms with van der Waals surface area (Å²) in [6.07, 6.45) is 2.98. The molecule has 2 aromatic carbocycles. The van der Waals surface area contributed by atoms with Crippen molar-refractivity contribution in [1.29, 1.82) is 0 Å². The molecule has 0 unspecified atom stereocenters. The van der Waals surface area contributed by atoms with Crippen LogP contribution in [0.3, 0.4) is 0 Å². The van der Waals surface area contributed by atoms with Crippen LogP contribution in [0.1, 0.15) is 21.7 Å². The molecule has 3 aromatic rings. The molecule has 1 fully saturated rings. The summed E-state index contributed by atoms with van der Waals surface area (Å²) in [6.45, 7) is 2.33. The van der Waals surface area contributed by atoms with Crippen molar-refractivity contribution in [3.05, 3.63) is 88.7 Å². The fourth-order valence-corrected chi connectivity index (χ4v) is 3.82. The van der Waals surface area contributed by atoms with Gasteiger partial charge in [0.1, 0.15) is 18.1 Å². The lowest BCUT2D eigenvalue weighted by molar-refractivity contribution is -0.123. The van der Waals surface area contributed by atoms with Crippen LogP contribution >= 0.6 is 11.8 Å².